The zero-order chi connectivity index (χ0) is 15.2. The minimum atomic E-state index is 0.329. The van der Waals surface area contributed by atoms with Crippen molar-refractivity contribution in [2.45, 2.75) is 52.0 Å². The van der Waals surface area contributed by atoms with Crippen LogP contribution in [0.4, 0.5) is 11.6 Å². The van der Waals surface area contributed by atoms with Crippen molar-refractivity contribution in [3.63, 3.8) is 0 Å². The molecule has 1 aliphatic rings. The molecule has 1 aromatic rings. The SMILES string of the molecule is CCCNc1cc(N(C)C2CCOCC2)nc(C(C)C)n1. The zero-order valence-corrected chi connectivity index (χ0v) is 13.7. The van der Waals surface area contributed by atoms with E-state index in [-0.39, 0.29) is 0 Å². The van der Waals surface area contributed by atoms with Gasteiger partial charge in [0.1, 0.15) is 17.5 Å². The van der Waals surface area contributed by atoms with Crippen LogP contribution in [0, 0.1) is 0 Å². The van der Waals surface area contributed by atoms with Crippen molar-refractivity contribution in [1.82, 2.24) is 9.97 Å². The first-order valence-electron chi connectivity index (χ1n) is 8.05. The number of rotatable bonds is 6. The van der Waals surface area contributed by atoms with Crippen LogP contribution in [0.2, 0.25) is 0 Å². The van der Waals surface area contributed by atoms with Gasteiger partial charge in [-0.25, -0.2) is 9.97 Å². The standard InChI is InChI=1S/C16H28N4O/c1-5-8-17-14-11-15(19-16(18-14)12(2)3)20(4)13-6-9-21-10-7-13/h11-13H,5-10H2,1-4H3,(H,17,18,19). The van der Waals surface area contributed by atoms with Crippen molar-refractivity contribution >= 4 is 11.6 Å². The van der Waals surface area contributed by atoms with Crippen LogP contribution in [0.5, 0.6) is 0 Å². The van der Waals surface area contributed by atoms with Crippen molar-refractivity contribution in [3.05, 3.63) is 11.9 Å². The van der Waals surface area contributed by atoms with Crippen molar-refractivity contribution < 1.29 is 4.74 Å². The van der Waals surface area contributed by atoms with Crippen LogP contribution in [-0.2, 0) is 4.74 Å². The van der Waals surface area contributed by atoms with Gasteiger partial charge in [0, 0.05) is 44.8 Å². The Hall–Kier alpha value is -1.36. The second-order valence-electron chi connectivity index (χ2n) is 6.01. The van der Waals surface area contributed by atoms with E-state index < -0.39 is 0 Å². The lowest BCUT2D eigenvalue weighted by molar-refractivity contribution is 0.0853. The van der Waals surface area contributed by atoms with E-state index in [1.807, 2.05) is 0 Å². The van der Waals surface area contributed by atoms with Crippen LogP contribution in [0.3, 0.4) is 0 Å². The van der Waals surface area contributed by atoms with Gasteiger partial charge in [-0.2, -0.15) is 0 Å². The molecule has 1 aliphatic heterocycles. The van der Waals surface area contributed by atoms with E-state index in [1.54, 1.807) is 0 Å². The number of hydrogen-bond acceptors (Lipinski definition) is 5. The van der Waals surface area contributed by atoms with Gasteiger partial charge in [-0.3, -0.25) is 0 Å². The number of nitrogens with zero attached hydrogens (tertiary/aromatic N) is 3. The molecular formula is C16H28N4O. The molecule has 2 rings (SSSR count). The maximum absolute atomic E-state index is 5.45. The van der Waals surface area contributed by atoms with Gasteiger partial charge in [-0.05, 0) is 19.3 Å². The van der Waals surface area contributed by atoms with Gasteiger partial charge in [-0.15, -0.1) is 0 Å². The molecule has 0 spiro atoms. The van der Waals surface area contributed by atoms with Gasteiger partial charge in [0.2, 0.25) is 0 Å². The average Bonchev–Trinajstić information content (AvgIpc) is 2.52. The fourth-order valence-corrected chi connectivity index (χ4v) is 2.49. The van der Waals surface area contributed by atoms with Crippen LogP contribution in [0.15, 0.2) is 6.07 Å². The molecule has 2 heterocycles. The Morgan fingerprint density at radius 3 is 2.67 bits per heavy atom. The Balaban J connectivity index is 2.21. The molecule has 5 heteroatoms. The van der Waals surface area contributed by atoms with Crippen LogP contribution in [0.25, 0.3) is 0 Å². The highest BCUT2D eigenvalue weighted by atomic mass is 16.5. The van der Waals surface area contributed by atoms with Crippen LogP contribution >= 0.6 is 0 Å². The molecule has 0 radical (unpaired) electrons. The van der Waals surface area contributed by atoms with E-state index in [4.69, 9.17) is 9.72 Å². The number of anilines is 2. The number of hydrogen-bond donors (Lipinski definition) is 1. The number of nitrogens with one attached hydrogen (secondary N) is 1. The first-order valence-corrected chi connectivity index (χ1v) is 8.05. The Morgan fingerprint density at radius 1 is 1.33 bits per heavy atom. The topological polar surface area (TPSA) is 50.3 Å². The Labute approximate surface area is 128 Å². The van der Waals surface area contributed by atoms with Gasteiger partial charge >= 0.3 is 0 Å². The molecule has 118 valence electrons. The predicted molar refractivity (Wildman–Crippen MR) is 87.1 cm³/mol. The summed E-state index contributed by atoms with van der Waals surface area (Å²) in [6.07, 6.45) is 3.22. The minimum Gasteiger partial charge on any atom is -0.381 e. The smallest absolute Gasteiger partial charge is 0.135 e. The lowest BCUT2D eigenvalue weighted by Crippen LogP contribution is -2.37. The van der Waals surface area contributed by atoms with Gasteiger partial charge in [-0.1, -0.05) is 20.8 Å². The summed E-state index contributed by atoms with van der Waals surface area (Å²) in [5.41, 5.74) is 0. The maximum Gasteiger partial charge on any atom is 0.135 e. The summed E-state index contributed by atoms with van der Waals surface area (Å²) in [6.45, 7) is 9.06. The van der Waals surface area contributed by atoms with Crippen molar-refractivity contribution in [2.24, 2.45) is 0 Å². The van der Waals surface area contributed by atoms with Crippen LogP contribution < -0.4 is 10.2 Å². The molecule has 21 heavy (non-hydrogen) atoms. The fourth-order valence-electron chi connectivity index (χ4n) is 2.49. The summed E-state index contributed by atoms with van der Waals surface area (Å²) in [5, 5.41) is 3.39. The first kappa shape index (κ1) is 16.0. The highest BCUT2D eigenvalue weighted by molar-refractivity contribution is 5.50. The van der Waals surface area contributed by atoms with Crippen LogP contribution in [-0.4, -0.2) is 42.8 Å². The normalized spacial score (nSPS) is 16.2. The molecule has 1 aromatic heterocycles. The van der Waals surface area contributed by atoms with Gasteiger partial charge in [0.05, 0.1) is 0 Å². The first-order chi connectivity index (χ1) is 10.1. The second kappa shape index (κ2) is 7.59. The lowest BCUT2D eigenvalue weighted by atomic mass is 10.1. The third kappa shape index (κ3) is 4.30. The summed E-state index contributed by atoms with van der Waals surface area (Å²) in [6, 6.07) is 2.57. The van der Waals surface area contributed by atoms with Crippen molar-refractivity contribution in [3.8, 4) is 0 Å². The van der Waals surface area contributed by atoms with Gasteiger partial charge < -0.3 is 15.0 Å². The molecule has 5 nitrogen and oxygen atoms in total. The molecule has 0 aromatic carbocycles. The summed E-state index contributed by atoms with van der Waals surface area (Å²) < 4.78 is 5.45. The molecule has 0 bridgehead atoms. The highest BCUT2D eigenvalue weighted by Gasteiger charge is 2.21. The molecule has 0 atom stereocenters. The Kier molecular flexibility index (Phi) is 5.79. The summed E-state index contributed by atoms with van der Waals surface area (Å²) in [5.74, 6) is 3.18. The molecule has 0 unspecified atom stereocenters. The molecule has 1 N–H and O–H groups in total. The molecule has 0 saturated carbocycles. The molecule has 0 aliphatic carbocycles. The quantitative estimate of drug-likeness (QED) is 0.873. The van der Waals surface area contributed by atoms with Crippen LogP contribution in [0.1, 0.15) is 51.8 Å². The summed E-state index contributed by atoms with van der Waals surface area (Å²) >= 11 is 0. The van der Waals surface area contributed by atoms with E-state index in [0.717, 1.165) is 56.5 Å². The van der Waals surface area contributed by atoms with E-state index >= 15 is 0 Å². The molecular weight excluding hydrogens is 264 g/mol. The van der Waals surface area contributed by atoms with Crippen molar-refractivity contribution in [2.75, 3.05) is 37.0 Å². The molecule has 0 amide bonds. The number of aromatic nitrogens is 2. The minimum absolute atomic E-state index is 0.329. The monoisotopic (exact) mass is 292 g/mol. The van der Waals surface area contributed by atoms with E-state index in [1.165, 1.54) is 0 Å². The lowest BCUT2D eigenvalue weighted by Gasteiger charge is -2.32. The van der Waals surface area contributed by atoms with Crippen molar-refractivity contribution in [1.29, 1.82) is 0 Å². The maximum atomic E-state index is 5.45. The van der Waals surface area contributed by atoms with E-state index in [2.05, 4.69) is 49.1 Å². The zero-order valence-electron chi connectivity index (χ0n) is 13.7. The van der Waals surface area contributed by atoms with Gasteiger partial charge in [0.15, 0.2) is 0 Å². The second-order valence-corrected chi connectivity index (χ2v) is 6.01. The third-order valence-electron chi connectivity index (χ3n) is 3.90. The fraction of sp³-hybridized carbons (Fsp3) is 0.750. The largest absolute Gasteiger partial charge is 0.381 e. The average molecular weight is 292 g/mol. The van der Waals surface area contributed by atoms with E-state index in [0.29, 0.717) is 12.0 Å². The summed E-state index contributed by atoms with van der Waals surface area (Å²) in [7, 11) is 2.13. The summed E-state index contributed by atoms with van der Waals surface area (Å²) in [4.78, 5) is 11.7. The van der Waals surface area contributed by atoms with E-state index in [9.17, 15) is 0 Å². The highest BCUT2D eigenvalue weighted by Crippen LogP contribution is 2.23. The molecule has 1 saturated heterocycles. The molecule has 1 fully saturated rings. The Morgan fingerprint density at radius 2 is 2.05 bits per heavy atom. The number of ether oxygens (including phenoxy) is 1. The van der Waals surface area contributed by atoms with Gasteiger partial charge in [0.25, 0.3) is 0 Å². The predicted octanol–water partition coefficient (Wildman–Crippen LogP) is 3.04. The third-order valence-corrected chi connectivity index (χ3v) is 3.90. The Bertz CT molecular complexity index is 444.